The Kier molecular flexibility index (Phi) is 10.9. The summed E-state index contributed by atoms with van der Waals surface area (Å²) in [5.74, 6) is -1.12. The summed E-state index contributed by atoms with van der Waals surface area (Å²) in [7, 11) is 0. The zero-order valence-electron chi connectivity index (χ0n) is 24.4. The minimum Gasteiger partial charge on any atom is -0.481 e. The normalized spacial score (nSPS) is 21.4. The monoisotopic (exact) mass is 587 g/mol. The van der Waals surface area contributed by atoms with Gasteiger partial charge in [0.05, 0.1) is 18.8 Å². The van der Waals surface area contributed by atoms with Crippen LogP contribution in [0.25, 0.3) is 0 Å². The number of carboxylic acid groups (broad SMARTS) is 1. The Labute approximate surface area is 253 Å². The van der Waals surface area contributed by atoms with Crippen molar-refractivity contribution < 1.29 is 29.3 Å². The minimum atomic E-state index is -0.907. The zero-order chi connectivity index (χ0) is 30.0. The lowest BCUT2D eigenvalue weighted by molar-refractivity contribution is -0.253. The highest BCUT2D eigenvalue weighted by Gasteiger charge is 2.33. The van der Waals surface area contributed by atoms with E-state index in [1.54, 1.807) is 0 Å². The number of aliphatic carboxylic acids is 1. The summed E-state index contributed by atoms with van der Waals surface area (Å²) in [6.45, 7) is 5.76. The molecule has 2 fully saturated rings. The molecule has 5 rings (SSSR count). The van der Waals surface area contributed by atoms with E-state index in [-0.39, 0.29) is 37.6 Å². The van der Waals surface area contributed by atoms with Crippen molar-refractivity contribution in [3.8, 4) is 0 Å². The second-order valence-corrected chi connectivity index (χ2v) is 11.3. The molecule has 9 heteroatoms. The summed E-state index contributed by atoms with van der Waals surface area (Å²) < 4.78 is 13.0. The first-order chi connectivity index (χ1) is 20.9. The molecule has 3 aromatic carbocycles. The van der Waals surface area contributed by atoms with Crippen molar-refractivity contribution in [1.29, 1.82) is 0 Å². The third-order valence-corrected chi connectivity index (χ3v) is 8.05. The van der Waals surface area contributed by atoms with Gasteiger partial charge in [-0.05, 0) is 35.2 Å². The number of anilines is 1. The molecule has 0 radical (unpaired) electrons. The van der Waals surface area contributed by atoms with Gasteiger partial charge >= 0.3 is 5.97 Å². The van der Waals surface area contributed by atoms with Gasteiger partial charge in [0.15, 0.2) is 6.29 Å². The van der Waals surface area contributed by atoms with Crippen LogP contribution >= 0.6 is 0 Å². The molecule has 2 heterocycles. The van der Waals surface area contributed by atoms with Crippen LogP contribution in [-0.4, -0.2) is 70.7 Å². The van der Waals surface area contributed by atoms with Gasteiger partial charge in [0.1, 0.15) is 0 Å². The lowest BCUT2D eigenvalue weighted by Crippen LogP contribution is -2.49. The molecular formula is C34H41N3O6. The first kappa shape index (κ1) is 30.8. The van der Waals surface area contributed by atoms with Gasteiger partial charge in [-0.25, -0.2) is 0 Å². The molecule has 0 spiro atoms. The van der Waals surface area contributed by atoms with E-state index in [2.05, 4.69) is 45.4 Å². The van der Waals surface area contributed by atoms with Gasteiger partial charge in [0.25, 0.3) is 0 Å². The van der Waals surface area contributed by atoms with E-state index in [0.717, 1.165) is 62.4 Å². The van der Waals surface area contributed by atoms with Crippen LogP contribution in [0.4, 0.5) is 5.69 Å². The van der Waals surface area contributed by atoms with Gasteiger partial charge in [-0.1, -0.05) is 66.7 Å². The van der Waals surface area contributed by atoms with E-state index in [4.69, 9.17) is 14.6 Å². The van der Waals surface area contributed by atoms with Crippen molar-refractivity contribution in [2.75, 3.05) is 38.0 Å². The smallest absolute Gasteiger partial charge is 0.303 e. The summed E-state index contributed by atoms with van der Waals surface area (Å²) in [5, 5.41) is 21.1. The van der Waals surface area contributed by atoms with E-state index >= 15 is 0 Å². The van der Waals surface area contributed by atoms with E-state index in [1.807, 2.05) is 48.5 Å². The summed E-state index contributed by atoms with van der Waals surface area (Å²) >= 11 is 0. The maximum atomic E-state index is 12.2. The number of aliphatic hydroxyl groups excluding tert-OH is 1. The van der Waals surface area contributed by atoms with Crippen molar-refractivity contribution in [3.05, 3.63) is 101 Å². The van der Waals surface area contributed by atoms with E-state index in [1.165, 1.54) is 5.56 Å². The molecule has 0 aromatic heterocycles. The highest BCUT2D eigenvalue weighted by Crippen LogP contribution is 2.38. The molecule has 43 heavy (non-hydrogen) atoms. The number of carbonyl (C=O) groups is 2. The molecule has 1 amide bonds. The maximum absolute atomic E-state index is 12.2. The maximum Gasteiger partial charge on any atom is 0.303 e. The molecule has 3 atom stereocenters. The number of hydrogen-bond donors (Lipinski definition) is 3. The van der Waals surface area contributed by atoms with Crippen LogP contribution < -0.4 is 5.32 Å². The number of carboxylic acids is 1. The number of piperazine rings is 1. The van der Waals surface area contributed by atoms with Crippen LogP contribution in [0.3, 0.4) is 0 Å². The highest BCUT2D eigenvalue weighted by molar-refractivity contribution is 5.90. The van der Waals surface area contributed by atoms with Gasteiger partial charge < -0.3 is 25.0 Å². The fourth-order valence-electron chi connectivity index (χ4n) is 5.64. The number of nitrogens with zero attached hydrogens (tertiary/aromatic N) is 2. The second kappa shape index (κ2) is 15.2. The Balaban J connectivity index is 1.21. The Hall–Kier alpha value is -3.60. The van der Waals surface area contributed by atoms with Crippen molar-refractivity contribution >= 4 is 17.6 Å². The summed E-state index contributed by atoms with van der Waals surface area (Å²) in [6.07, 6.45) is 0.386. The van der Waals surface area contributed by atoms with E-state index < -0.39 is 12.3 Å². The van der Waals surface area contributed by atoms with Crippen LogP contribution in [0, 0.1) is 0 Å². The Morgan fingerprint density at radius 2 is 1.47 bits per heavy atom. The third kappa shape index (κ3) is 9.19. The van der Waals surface area contributed by atoms with Gasteiger partial charge in [0.2, 0.25) is 5.91 Å². The lowest BCUT2D eigenvalue weighted by Gasteiger charge is -2.40. The number of amides is 1. The second-order valence-electron chi connectivity index (χ2n) is 11.3. The van der Waals surface area contributed by atoms with Crippen LogP contribution in [-0.2, 0) is 32.2 Å². The lowest BCUT2D eigenvalue weighted by atomic mass is 9.99. The summed E-state index contributed by atoms with van der Waals surface area (Å²) in [5.41, 5.74) is 4.75. The van der Waals surface area contributed by atoms with Crippen LogP contribution in [0.1, 0.15) is 60.3 Å². The number of benzene rings is 3. The van der Waals surface area contributed by atoms with E-state index in [9.17, 15) is 14.7 Å². The van der Waals surface area contributed by atoms with Crippen molar-refractivity contribution in [1.82, 2.24) is 9.80 Å². The van der Waals surface area contributed by atoms with Gasteiger partial charge in [-0.2, -0.15) is 0 Å². The van der Waals surface area contributed by atoms with Crippen LogP contribution in [0.5, 0.6) is 0 Å². The summed E-state index contributed by atoms with van der Waals surface area (Å²) in [6, 6.07) is 25.9. The SMILES string of the molecule is O=C(O)CCCC(=O)Nc1ccc([C@@H]2O[C@H](CN3CCN(Cc4ccccc4)CC3)C[C@H](c3ccc(CO)cc3)O2)cc1. The number of hydrogen-bond acceptors (Lipinski definition) is 7. The standard InChI is InChI=1S/C34H41N3O6/c38-24-26-9-11-27(12-10-26)31-21-30(23-37-19-17-36(18-20-37)22-25-5-2-1-3-6-25)42-34(43-31)28-13-15-29(16-14-28)35-32(39)7-4-8-33(40)41/h1-3,5-6,9-16,30-31,34,38H,4,7-8,17-24H2,(H,35,39)(H,40,41)/t30-,31+,34+/m0/s1. The molecule has 9 nitrogen and oxygen atoms in total. The minimum absolute atomic E-state index is 0.00113. The topological polar surface area (TPSA) is 112 Å². The largest absolute Gasteiger partial charge is 0.481 e. The molecule has 0 aliphatic carbocycles. The number of nitrogens with one attached hydrogen (secondary N) is 1. The van der Waals surface area contributed by atoms with Crippen molar-refractivity contribution in [3.63, 3.8) is 0 Å². The zero-order valence-corrected chi connectivity index (χ0v) is 24.4. The number of rotatable bonds is 12. The van der Waals surface area contributed by atoms with Gasteiger partial charge in [-0.15, -0.1) is 0 Å². The summed E-state index contributed by atoms with van der Waals surface area (Å²) in [4.78, 5) is 27.9. The van der Waals surface area contributed by atoms with E-state index in [0.29, 0.717) is 12.1 Å². The van der Waals surface area contributed by atoms with Crippen LogP contribution in [0.15, 0.2) is 78.9 Å². The highest BCUT2D eigenvalue weighted by atomic mass is 16.7. The third-order valence-electron chi connectivity index (χ3n) is 8.05. The van der Waals surface area contributed by atoms with Crippen LogP contribution in [0.2, 0.25) is 0 Å². The van der Waals surface area contributed by atoms with Crippen molar-refractivity contribution in [2.24, 2.45) is 0 Å². The first-order valence-corrected chi connectivity index (χ1v) is 15.1. The molecular weight excluding hydrogens is 546 g/mol. The Morgan fingerprint density at radius 3 is 2.14 bits per heavy atom. The Bertz CT molecular complexity index is 1310. The molecule has 3 N–H and O–H groups in total. The first-order valence-electron chi connectivity index (χ1n) is 15.1. The predicted octanol–water partition coefficient (Wildman–Crippen LogP) is 4.74. The average molecular weight is 588 g/mol. The Morgan fingerprint density at radius 1 is 0.791 bits per heavy atom. The number of carbonyl (C=O) groups excluding carboxylic acids is 1. The van der Waals surface area contributed by atoms with Gasteiger partial charge in [0, 0.05) is 69.8 Å². The molecule has 2 saturated heterocycles. The fourth-order valence-corrected chi connectivity index (χ4v) is 5.64. The molecule has 0 bridgehead atoms. The molecule has 0 unspecified atom stereocenters. The molecule has 2 aliphatic heterocycles. The average Bonchev–Trinajstić information content (AvgIpc) is 3.02. The molecule has 2 aliphatic rings. The molecule has 3 aromatic rings. The quantitative estimate of drug-likeness (QED) is 0.279. The van der Waals surface area contributed by atoms with Crippen molar-refractivity contribution in [2.45, 2.75) is 57.3 Å². The molecule has 0 saturated carbocycles. The number of ether oxygens (including phenoxy) is 2. The van der Waals surface area contributed by atoms with Gasteiger partial charge in [-0.3, -0.25) is 19.4 Å². The molecule has 228 valence electrons. The fraction of sp³-hybridized carbons (Fsp3) is 0.412. The predicted molar refractivity (Wildman–Crippen MR) is 163 cm³/mol. The number of aliphatic hydroxyl groups is 1.